The molecule has 1 amide bonds. The van der Waals surface area contributed by atoms with Gasteiger partial charge in [0.05, 0.1) is 6.54 Å². The minimum Gasteiger partial charge on any atom is -0.364 e. The van der Waals surface area contributed by atoms with Crippen LogP contribution in [0.2, 0.25) is 0 Å². The fourth-order valence-corrected chi connectivity index (χ4v) is 2.34. The van der Waals surface area contributed by atoms with Gasteiger partial charge in [-0.05, 0) is 13.0 Å². The van der Waals surface area contributed by atoms with Crippen molar-refractivity contribution in [3.8, 4) is 0 Å². The van der Waals surface area contributed by atoms with Gasteiger partial charge in [0, 0.05) is 18.5 Å². The summed E-state index contributed by atoms with van der Waals surface area (Å²) in [6.07, 6.45) is -13.4. The van der Waals surface area contributed by atoms with E-state index in [2.05, 4.69) is 10.2 Å². The van der Waals surface area contributed by atoms with Crippen LogP contribution in [0.3, 0.4) is 0 Å². The lowest BCUT2D eigenvalue weighted by atomic mass is 10.1. The maximum Gasteiger partial charge on any atom is 0.435 e. The maximum absolute atomic E-state index is 13.0. The van der Waals surface area contributed by atoms with Crippen LogP contribution in [-0.2, 0) is 17.5 Å². The molecule has 0 aliphatic carbocycles. The van der Waals surface area contributed by atoms with E-state index in [1.165, 1.54) is 6.92 Å². The van der Waals surface area contributed by atoms with Crippen molar-refractivity contribution >= 4 is 11.6 Å². The second-order valence-corrected chi connectivity index (χ2v) is 5.60. The molecule has 1 aliphatic heterocycles. The number of aliphatic hydroxyl groups is 1. The monoisotopic (exact) mass is 390 g/mol. The number of aryl methyl sites for hydroxylation is 2. The largest absolute Gasteiger partial charge is 0.435 e. The molecule has 1 aromatic rings. The molecule has 1 aliphatic rings. The lowest BCUT2D eigenvalue weighted by molar-refractivity contribution is -0.192. The first-order valence-electron chi connectivity index (χ1n) is 7.17. The average Bonchev–Trinajstić information content (AvgIpc) is 3.06. The second kappa shape index (κ2) is 6.85. The summed E-state index contributed by atoms with van der Waals surface area (Å²) in [5.74, 6) is -1.26. The third-order valence-corrected chi connectivity index (χ3v) is 3.68. The highest BCUT2D eigenvalue weighted by atomic mass is 19.4. The quantitative estimate of drug-likeness (QED) is 0.785. The number of amides is 1. The van der Waals surface area contributed by atoms with Crippen molar-refractivity contribution in [1.82, 2.24) is 14.8 Å². The Kier molecular flexibility index (Phi) is 5.31. The summed E-state index contributed by atoms with van der Waals surface area (Å²) in [6.45, 7) is 0.835. The van der Waals surface area contributed by atoms with Crippen LogP contribution in [0.4, 0.5) is 30.7 Å². The summed E-state index contributed by atoms with van der Waals surface area (Å²) in [5, 5.41) is 16.0. The zero-order valence-corrected chi connectivity index (χ0v) is 13.1. The predicted octanol–water partition coefficient (Wildman–Crippen LogP) is 2.41. The van der Waals surface area contributed by atoms with E-state index in [9.17, 15) is 40.6 Å². The first-order chi connectivity index (χ1) is 11.9. The highest BCUT2D eigenvalue weighted by Crippen LogP contribution is 2.33. The van der Waals surface area contributed by atoms with Gasteiger partial charge in [-0.1, -0.05) is 0 Å². The molecule has 2 heterocycles. The van der Waals surface area contributed by atoms with Crippen molar-refractivity contribution in [3.05, 3.63) is 17.5 Å². The Bertz CT molecular complexity index is 716. The molecule has 0 aromatic carbocycles. The zero-order chi connectivity index (χ0) is 19.9. The van der Waals surface area contributed by atoms with E-state index >= 15 is 0 Å². The van der Waals surface area contributed by atoms with Gasteiger partial charge in [-0.25, -0.2) is 17.6 Å². The molecule has 6 nitrogen and oxygen atoms in total. The number of nitrogens with zero attached hydrogens (tertiary/aromatic N) is 4. The fourth-order valence-electron chi connectivity index (χ4n) is 2.34. The zero-order valence-electron chi connectivity index (χ0n) is 13.1. The number of hydrazone groups is 1. The minimum absolute atomic E-state index is 0.0486. The van der Waals surface area contributed by atoms with Crippen molar-refractivity contribution in [2.45, 2.75) is 51.1 Å². The lowest BCUT2D eigenvalue weighted by Crippen LogP contribution is -2.51. The number of rotatable bonds is 5. The Morgan fingerprint density at radius 3 is 2.42 bits per heavy atom. The van der Waals surface area contributed by atoms with Gasteiger partial charge in [0.2, 0.25) is 11.6 Å². The molecule has 1 aromatic heterocycles. The topological polar surface area (TPSA) is 70.7 Å². The van der Waals surface area contributed by atoms with Gasteiger partial charge in [-0.15, -0.1) is 0 Å². The third kappa shape index (κ3) is 3.81. The summed E-state index contributed by atoms with van der Waals surface area (Å²) in [4.78, 5) is 12.0. The molecule has 1 N–H and O–H groups in total. The number of carbonyl (C=O) groups excluding carboxylic acids is 1. The molecule has 0 unspecified atom stereocenters. The first kappa shape index (κ1) is 20.1. The van der Waals surface area contributed by atoms with Crippen LogP contribution in [-0.4, -0.2) is 50.1 Å². The number of carbonyl (C=O) groups is 1. The minimum atomic E-state index is -4.71. The fraction of sp³-hybridized carbons (Fsp3) is 0.615. The van der Waals surface area contributed by atoms with Crippen LogP contribution in [0, 0.1) is 6.92 Å². The van der Waals surface area contributed by atoms with Gasteiger partial charge >= 0.3 is 6.18 Å². The molecule has 26 heavy (non-hydrogen) atoms. The van der Waals surface area contributed by atoms with E-state index in [1.807, 2.05) is 0 Å². The Morgan fingerprint density at radius 1 is 1.35 bits per heavy atom. The molecular formula is C13H13F7N4O2. The van der Waals surface area contributed by atoms with Gasteiger partial charge < -0.3 is 5.11 Å². The van der Waals surface area contributed by atoms with E-state index in [-0.39, 0.29) is 10.7 Å². The van der Waals surface area contributed by atoms with Crippen LogP contribution in [0.1, 0.15) is 24.2 Å². The summed E-state index contributed by atoms with van der Waals surface area (Å²) in [5.41, 5.74) is -5.46. The Balaban J connectivity index is 2.15. The molecule has 2 rings (SSSR count). The van der Waals surface area contributed by atoms with Gasteiger partial charge in [-0.3, -0.25) is 9.48 Å². The van der Waals surface area contributed by atoms with E-state index in [4.69, 9.17) is 0 Å². The molecule has 0 radical (unpaired) electrons. The number of alkyl halides is 7. The highest BCUT2D eigenvalue weighted by molar-refractivity contribution is 5.92. The number of hydrogen-bond donors (Lipinski definition) is 1. The molecule has 0 spiro atoms. The molecule has 146 valence electrons. The van der Waals surface area contributed by atoms with Gasteiger partial charge in [-0.2, -0.15) is 28.4 Å². The number of aromatic nitrogens is 2. The van der Waals surface area contributed by atoms with Crippen LogP contribution < -0.4 is 0 Å². The molecule has 1 atom stereocenters. The van der Waals surface area contributed by atoms with Crippen molar-refractivity contribution in [2.24, 2.45) is 5.10 Å². The van der Waals surface area contributed by atoms with Crippen LogP contribution in [0.15, 0.2) is 11.2 Å². The predicted molar refractivity (Wildman–Crippen MR) is 72.4 cm³/mol. The highest BCUT2D eigenvalue weighted by Gasteiger charge is 2.53. The average molecular weight is 390 g/mol. The van der Waals surface area contributed by atoms with Gasteiger partial charge in [0.1, 0.15) is 5.71 Å². The SMILES string of the molecule is Cc1cc(C(F)(F)F)nn1CCC(=O)N1N=C(C(F)F)C[C@@]1(O)C(F)F. The summed E-state index contributed by atoms with van der Waals surface area (Å²) in [6, 6.07) is 0.725. The molecular weight excluding hydrogens is 377 g/mol. The van der Waals surface area contributed by atoms with Crippen LogP contribution in [0.5, 0.6) is 0 Å². The van der Waals surface area contributed by atoms with Crippen molar-refractivity contribution in [3.63, 3.8) is 0 Å². The Morgan fingerprint density at radius 2 is 1.96 bits per heavy atom. The van der Waals surface area contributed by atoms with E-state index in [0.717, 1.165) is 10.7 Å². The van der Waals surface area contributed by atoms with E-state index in [1.54, 1.807) is 0 Å². The Labute approximate surface area is 141 Å². The van der Waals surface area contributed by atoms with Gasteiger partial charge in [0.15, 0.2) is 5.69 Å². The smallest absolute Gasteiger partial charge is 0.364 e. The van der Waals surface area contributed by atoms with Gasteiger partial charge in [0.25, 0.3) is 12.9 Å². The summed E-state index contributed by atoms with van der Waals surface area (Å²) < 4.78 is 89.9. The molecule has 0 saturated heterocycles. The Hall–Kier alpha value is -2.18. The number of hydrogen-bond acceptors (Lipinski definition) is 4. The lowest BCUT2D eigenvalue weighted by Gasteiger charge is -2.30. The normalized spacial score (nSPS) is 21.0. The first-order valence-corrected chi connectivity index (χ1v) is 7.17. The summed E-state index contributed by atoms with van der Waals surface area (Å²) >= 11 is 0. The van der Waals surface area contributed by atoms with Crippen molar-refractivity contribution in [1.29, 1.82) is 0 Å². The van der Waals surface area contributed by atoms with E-state index < -0.39 is 61.5 Å². The maximum atomic E-state index is 13.0. The standard InChI is InChI=1S/C13H13F7N4O2/c1-6-4-8(13(18,19)20)22-23(6)3-2-9(25)24-12(26,11(16)17)5-7(21-24)10(14)15/h4,10-11,26H,2-3,5H2,1H3/t12-/m1/s1. The summed E-state index contributed by atoms with van der Waals surface area (Å²) in [7, 11) is 0. The molecule has 0 fully saturated rings. The molecule has 0 saturated carbocycles. The third-order valence-electron chi connectivity index (χ3n) is 3.68. The molecule has 13 heteroatoms. The number of halogens is 7. The van der Waals surface area contributed by atoms with Crippen molar-refractivity contribution < 1.29 is 40.6 Å². The van der Waals surface area contributed by atoms with Crippen LogP contribution >= 0.6 is 0 Å². The van der Waals surface area contributed by atoms with E-state index in [0.29, 0.717) is 0 Å². The second-order valence-electron chi connectivity index (χ2n) is 5.60. The molecule has 0 bridgehead atoms. The van der Waals surface area contributed by atoms with Crippen LogP contribution in [0.25, 0.3) is 0 Å². The van der Waals surface area contributed by atoms with Crippen molar-refractivity contribution in [2.75, 3.05) is 0 Å².